The highest BCUT2D eigenvalue weighted by atomic mass is 32.1. The van der Waals surface area contributed by atoms with E-state index >= 15 is 0 Å². The zero-order chi connectivity index (χ0) is 12.1. The second-order valence-corrected chi connectivity index (χ2v) is 4.74. The van der Waals surface area contributed by atoms with Crippen molar-refractivity contribution in [2.24, 2.45) is 0 Å². The van der Waals surface area contributed by atoms with Crippen LogP contribution in [-0.4, -0.2) is 10.9 Å². The molecule has 1 amide bonds. The van der Waals surface area contributed by atoms with E-state index in [0.717, 1.165) is 16.1 Å². The molecule has 0 bridgehead atoms. The van der Waals surface area contributed by atoms with Crippen molar-refractivity contribution in [3.8, 4) is 0 Å². The molecule has 1 heterocycles. The molecule has 3 nitrogen and oxygen atoms in total. The predicted molar refractivity (Wildman–Crippen MR) is 68.8 cm³/mol. The summed E-state index contributed by atoms with van der Waals surface area (Å²) < 4.78 is 0. The number of hydrogen-bond acceptors (Lipinski definition) is 3. The smallest absolute Gasteiger partial charge is 0.225 e. The molecule has 0 saturated carbocycles. The van der Waals surface area contributed by atoms with Gasteiger partial charge in [-0.05, 0) is 12.5 Å². The van der Waals surface area contributed by atoms with E-state index in [1.165, 1.54) is 11.3 Å². The number of hydrogen-bond donors (Lipinski definition) is 1. The van der Waals surface area contributed by atoms with Gasteiger partial charge >= 0.3 is 0 Å². The molecule has 88 valence electrons. The number of carbonyl (C=O) groups is 1. The van der Waals surface area contributed by atoms with Gasteiger partial charge in [-0.25, -0.2) is 4.98 Å². The van der Waals surface area contributed by atoms with Crippen molar-refractivity contribution < 1.29 is 4.79 Å². The number of aryl methyl sites for hydroxylation is 1. The van der Waals surface area contributed by atoms with Crippen LogP contribution in [0.2, 0.25) is 0 Å². The van der Waals surface area contributed by atoms with Crippen LogP contribution in [0.1, 0.15) is 16.1 Å². The molecular weight excluding hydrogens is 232 g/mol. The fourth-order valence-corrected chi connectivity index (χ4v) is 2.28. The van der Waals surface area contributed by atoms with Crippen LogP contribution in [0.5, 0.6) is 0 Å². The Morgan fingerprint density at radius 3 is 2.76 bits per heavy atom. The van der Waals surface area contributed by atoms with Crippen LogP contribution in [0.15, 0.2) is 35.8 Å². The fourth-order valence-electron chi connectivity index (χ4n) is 1.50. The molecule has 1 N–H and O–H groups in total. The van der Waals surface area contributed by atoms with E-state index in [0.29, 0.717) is 13.0 Å². The molecule has 17 heavy (non-hydrogen) atoms. The Bertz CT molecular complexity index is 493. The normalized spacial score (nSPS) is 10.2. The highest BCUT2D eigenvalue weighted by Crippen LogP contribution is 2.12. The Morgan fingerprint density at radius 2 is 2.12 bits per heavy atom. The summed E-state index contributed by atoms with van der Waals surface area (Å²) in [6.45, 7) is 2.51. The Hall–Kier alpha value is -1.68. The van der Waals surface area contributed by atoms with Crippen molar-refractivity contribution in [1.82, 2.24) is 10.3 Å². The Balaban J connectivity index is 1.85. The monoisotopic (exact) mass is 246 g/mol. The van der Waals surface area contributed by atoms with Gasteiger partial charge in [-0.3, -0.25) is 4.79 Å². The summed E-state index contributed by atoms with van der Waals surface area (Å²) in [7, 11) is 0. The first-order valence-corrected chi connectivity index (χ1v) is 6.33. The number of benzene rings is 1. The number of nitrogens with zero attached hydrogens (tertiary/aromatic N) is 1. The molecule has 1 aromatic carbocycles. The highest BCUT2D eigenvalue weighted by molar-refractivity contribution is 7.09. The maximum atomic E-state index is 11.7. The lowest BCUT2D eigenvalue weighted by Crippen LogP contribution is -2.24. The Kier molecular flexibility index (Phi) is 3.88. The van der Waals surface area contributed by atoms with Gasteiger partial charge in [0.15, 0.2) is 0 Å². The first-order chi connectivity index (χ1) is 8.25. The standard InChI is InChI=1S/C13H14N2OS/c1-10-12(17-9-15-10)7-13(16)14-8-11-5-3-2-4-6-11/h2-6,9H,7-8H2,1H3,(H,14,16). The molecule has 0 unspecified atom stereocenters. The van der Waals surface area contributed by atoms with Gasteiger partial charge in [-0.1, -0.05) is 30.3 Å². The fraction of sp³-hybridized carbons (Fsp3) is 0.231. The van der Waals surface area contributed by atoms with Crippen LogP contribution in [0.3, 0.4) is 0 Å². The molecular formula is C13H14N2OS. The topological polar surface area (TPSA) is 42.0 Å². The van der Waals surface area contributed by atoms with Gasteiger partial charge in [0.1, 0.15) is 0 Å². The first kappa shape index (κ1) is 11.8. The van der Waals surface area contributed by atoms with Crippen molar-refractivity contribution in [1.29, 1.82) is 0 Å². The molecule has 0 fully saturated rings. The van der Waals surface area contributed by atoms with Crippen molar-refractivity contribution >= 4 is 17.2 Å². The SMILES string of the molecule is Cc1ncsc1CC(=O)NCc1ccccc1. The number of aromatic nitrogens is 1. The molecule has 2 aromatic rings. The van der Waals surface area contributed by atoms with Crippen molar-refractivity contribution in [3.63, 3.8) is 0 Å². The minimum atomic E-state index is 0.0428. The lowest BCUT2D eigenvalue weighted by Gasteiger charge is -2.04. The summed E-state index contributed by atoms with van der Waals surface area (Å²) in [5.74, 6) is 0.0428. The van der Waals surface area contributed by atoms with E-state index in [4.69, 9.17) is 0 Å². The minimum Gasteiger partial charge on any atom is -0.352 e. The van der Waals surface area contributed by atoms with Gasteiger partial charge in [0.05, 0.1) is 17.6 Å². The molecule has 0 radical (unpaired) electrons. The van der Waals surface area contributed by atoms with E-state index in [1.807, 2.05) is 37.3 Å². The summed E-state index contributed by atoms with van der Waals surface area (Å²) in [5.41, 5.74) is 3.83. The maximum absolute atomic E-state index is 11.7. The quantitative estimate of drug-likeness (QED) is 0.899. The van der Waals surface area contributed by atoms with E-state index in [-0.39, 0.29) is 5.91 Å². The molecule has 2 rings (SSSR count). The third-order valence-corrected chi connectivity index (χ3v) is 3.43. The van der Waals surface area contributed by atoms with Crippen molar-refractivity contribution in [2.75, 3.05) is 0 Å². The second kappa shape index (κ2) is 5.59. The van der Waals surface area contributed by atoms with E-state index in [2.05, 4.69) is 10.3 Å². The Labute approximate surface area is 105 Å². The number of nitrogens with one attached hydrogen (secondary N) is 1. The number of carbonyl (C=O) groups excluding carboxylic acids is 1. The summed E-state index contributed by atoms with van der Waals surface area (Å²) >= 11 is 1.53. The van der Waals surface area contributed by atoms with Gasteiger partial charge in [0, 0.05) is 11.4 Å². The average Bonchev–Trinajstić information content (AvgIpc) is 2.74. The van der Waals surface area contributed by atoms with Crippen LogP contribution in [0.25, 0.3) is 0 Å². The minimum absolute atomic E-state index is 0.0428. The van der Waals surface area contributed by atoms with Gasteiger partial charge in [-0.2, -0.15) is 0 Å². The largest absolute Gasteiger partial charge is 0.352 e. The third-order valence-electron chi connectivity index (χ3n) is 2.50. The van der Waals surface area contributed by atoms with Gasteiger partial charge < -0.3 is 5.32 Å². The molecule has 0 aliphatic carbocycles. The van der Waals surface area contributed by atoms with Crippen LogP contribution in [0.4, 0.5) is 0 Å². The lowest BCUT2D eigenvalue weighted by atomic mass is 10.2. The van der Waals surface area contributed by atoms with Crippen LogP contribution < -0.4 is 5.32 Å². The average molecular weight is 246 g/mol. The van der Waals surface area contributed by atoms with E-state index in [9.17, 15) is 4.79 Å². The van der Waals surface area contributed by atoms with Crippen LogP contribution in [-0.2, 0) is 17.8 Å². The Morgan fingerprint density at radius 1 is 1.35 bits per heavy atom. The predicted octanol–water partition coefficient (Wildman–Crippen LogP) is 2.31. The summed E-state index contributed by atoms with van der Waals surface area (Å²) in [6.07, 6.45) is 0.420. The summed E-state index contributed by atoms with van der Waals surface area (Å²) in [5, 5.41) is 2.90. The van der Waals surface area contributed by atoms with E-state index in [1.54, 1.807) is 5.51 Å². The molecule has 0 aliphatic heterocycles. The number of thiazole rings is 1. The zero-order valence-corrected chi connectivity index (χ0v) is 10.5. The maximum Gasteiger partial charge on any atom is 0.225 e. The van der Waals surface area contributed by atoms with Gasteiger partial charge in [0.2, 0.25) is 5.91 Å². The van der Waals surface area contributed by atoms with E-state index < -0.39 is 0 Å². The molecule has 4 heteroatoms. The molecule has 0 spiro atoms. The van der Waals surface area contributed by atoms with Crippen molar-refractivity contribution in [2.45, 2.75) is 19.9 Å². The van der Waals surface area contributed by atoms with Gasteiger partial charge in [-0.15, -0.1) is 11.3 Å². The van der Waals surface area contributed by atoms with Crippen LogP contribution >= 0.6 is 11.3 Å². The van der Waals surface area contributed by atoms with Crippen molar-refractivity contribution in [3.05, 3.63) is 52.0 Å². The molecule has 0 aliphatic rings. The molecule has 1 aromatic heterocycles. The third kappa shape index (κ3) is 3.39. The summed E-state index contributed by atoms with van der Waals surface area (Å²) in [6, 6.07) is 9.89. The van der Waals surface area contributed by atoms with Crippen LogP contribution in [0, 0.1) is 6.92 Å². The first-order valence-electron chi connectivity index (χ1n) is 5.45. The molecule has 0 atom stereocenters. The summed E-state index contributed by atoms with van der Waals surface area (Å²) in [4.78, 5) is 16.9. The number of amides is 1. The lowest BCUT2D eigenvalue weighted by molar-refractivity contribution is -0.120. The molecule has 0 saturated heterocycles. The zero-order valence-electron chi connectivity index (χ0n) is 9.64. The highest BCUT2D eigenvalue weighted by Gasteiger charge is 2.07. The number of rotatable bonds is 4. The second-order valence-electron chi connectivity index (χ2n) is 3.80. The van der Waals surface area contributed by atoms with Gasteiger partial charge in [0.25, 0.3) is 0 Å².